The Balaban J connectivity index is 2.56. The highest BCUT2D eigenvalue weighted by Gasteiger charge is 2.28. The molecule has 25 heavy (non-hydrogen) atoms. The minimum absolute atomic E-state index is 0.377. The minimum Gasteiger partial charge on any atom is -0.478 e. The number of nitrogens with zero attached hydrogens (tertiary/aromatic N) is 3. The van der Waals surface area contributed by atoms with Crippen molar-refractivity contribution >= 4 is 34.4 Å². The van der Waals surface area contributed by atoms with E-state index in [1.807, 2.05) is 19.0 Å². The Morgan fingerprint density at radius 2 is 1.52 bits per heavy atom. The smallest absolute Gasteiger partial charge is 0.336 e. The van der Waals surface area contributed by atoms with E-state index in [2.05, 4.69) is 5.32 Å². The van der Waals surface area contributed by atoms with Crippen molar-refractivity contribution in [3.63, 3.8) is 0 Å². The van der Waals surface area contributed by atoms with Gasteiger partial charge in [-0.1, -0.05) is 0 Å². The van der Waals surface area contributed by atoms with Crippen LogP contribution in [0.15, 0.2) is 36.4 Å². The summed E-state index contributed by atoms with van der Waals surface area (Å²) in [6.07, 6.45) is 0. The average molecular weight is 346 g/mol. The van der Waals surface area contributed by atoms with Crippen molar-refractivity contribution in [2.24, 2.45) is 0 Å². The van der Waals surface area contributed by atoms with Gasteiger partial charge in [-0.25, -0.2) is 4.79 Å². The van der Waals surface area contributed by atoms with E-state index < -0.39 is 32.8 Å². The molecule has 2 aromatic carbocycles. The van der Waals surface area contributed by atoms with Crippen LogP contribution in [-0.2, 0) is 0 Å². The van der Waals surface area contributed by atoms with Gasteiger partial charge in [0.25, 0.3) is 0 Å². The molecule has 2 aromatic rings. The molecule has 0 aliphatic heterocycles. The fourth-order valence-electron chi connectivity index (χ4n) is 2.14. The molecule has 10 nitrogen and oxygen atoms in total. The van der Waals surface area contributed by atoms with Crippen molar-refractivity contribution in [3.05, 3.63) is 62.2 Å². The number of benzene rings is 2. The molecule has 0 atom stereocenters. The second kappa shape index (κ2) is 6.83. The van der Waals surface area contributed by atoms with Crippen LogP contribution in [0.4, 0.5) is 28.4 Å². The molecule has 0 aliphatic rings. The van der Waals surface area contributed by atoms with Crippen molar-refractivity contribution in [1.82, 2.24) is 0 Å². The van der Waals surface area contributed by atoms with E-state index in [-0.39, 0.29) is 5.69 Å². The Hall–Kier alpha value is -3.69. The molecule has 0 radical (unpaired) electrons. The van der Waals surface area contributed by atoms with Gasteiger partial charge in [0.15, 0.2) is 5.69 Å². The Kier molecular flexibility index (Phi) is 4.82. The minimum atomic E-state index is -1.49. The van der Waals surface area contributed by atoms with Crippen LogP contribution >= 0.6 is 0 Å². The summed E-state index contributed by atoms with van der Waals surface area (Å²) >= 11 is 0. The summed E-state index contributed by atoms with van der Waals surface area (Å²) in [5, 5.41) is 34.1. The second-order valence-corrected chi connectivity index (χ2v) is 5.28. The quantitative estimate of drug-likeness (QED) is 0.601. The number of hydrogen-bond donors (Lipinski definition) is 2. The van der Waals surface area contributed by atoms with Gasteiger partial charge in [0.1, 0.15) is 0 Å². The lowest BCUT2D eigenvalue weighted by Gasteiger charge is -2.13. The fraction of sp³-hybridized carbons (Fsp3) is 0.133. The maximum Gasteiger partial charge on any atom is 0.336 e. The first-order chi connectivity index (χ1) is 11.7. The van der Waals surface area contributed by atoms with Gasteiger partial charge < -0.3 is 15.3 Å². The number of nitrogens with one attached hydrogen (secondary N) is 1. The molecule has 0 aromatic heterocycles. The number of rotatable bonds is 6. The largest absolute Gasteiger partial charge is 0.478 e. The van der Waals surface area contributed by atoms with Crippen LogP contribution in [0.2, 0.25) is 0 Å². The molecule has 0 saturated heterocycles. The van der Waals surface area contributed by atoms with Crippen LogP contribution in [0, 0.1) is 20.2 Å². The number of carboxylic acids is 1. The number of nitro benzene ring substituents is 2. The van der Waals surface area contributed by atoms with E-state index in [9.17, 15) is 25.0 Å². The Bertz CT molecular complexity index is 813. The highest BCUT2D eigenvalue weighted by atomic mass is 16.6. The maximum atomic E-state index is 11.2. The van der Waals surface area contributed by atoms with Gasteiger partial charge in [0.05, 0.1) is 15.4 Å². The van der Waals surface area contributed by atoms with Gasteiger partial charge in [-0.2, -0.15) is 0 Å². The third-order valence-corrected chi connectivity index (χ3v) is 3.39. The van der Waals surface area contributed by atoms with Crippen LogP contribution in [-0.4, -0.2) is 35.0 Å². The standard InChI is InChI=1S/C15H14N4O6/c1-17(2)11-5-3-10(4-6-11)16-14-12(18(22)23)7-9(15(20)21)8-13(14)19(24)25/h3-8,16H,1-2H3,(H,20,21). The fourth-order valence-corrected chi connectivity index (χ4v) is 2.14. The van der Waals surface area contributed by atoms with Crippen molar-refractivity contribution in [1.29, 1.82) is 0 Å². The second-order valence-electron chi connectivity index (χ2n) is 5.28. The number of nitro groups is 2. The molecule has 2 rings (SSSR count). The molecule has 10 heteroatoms. The highest BCUT2D eigenvalue weighted by molar-refractivity contribution is 5.93. The molecule has 0 heterocycles. The summed E-state index contributed by atoms with van der Waals surface area (Å²) in [7, 11) is 3.67. The van der Waals surface area contributed by atoms with Gasteiger partial charge in [0.2, 0.25) is 0 Å². The monoisotopic (exact) mass is 346 g/mol. The molecule has 2 N–H and O–H groups in total. The van der Waals surface area contributed by atoms with Crippen LogP contribution in [0.1, 0.15) is 10.4 Å². The molecule has 0 unspecified atom stereocenters. The van der Waals surface area contributed by atoms with Crippen molar-refractivity contribution < 1.29 is 19.7 Å². The van der Waals surface area contributed by atoms with Gasteiger partial charge in [-0.15, -0.1) is 0 Å². The average Bonchev–Trinajstić information content (AvgIpc) is 2.54. The van der Waals surface area contributed by atoms with E-state index in [1.165, 1.54) is 0 Å². The van der Waals surface area contributed by atoms with Gasteiger partial charge in [-0.3, -0.25) is 20.2 Å². The first-order valence-electron chi connectivity index (χ1n) is 6.95. The molecular weight excluding hydrogens is 332 g/mol. The topological polar surface area (TPSA) is 139 Å². The number of carboxylic acid groups (broad SMARTS) is 1. The summed E-state index contributed by atoms with van der Waals surface area (Å²) in [6, 6.07) is 8.23. The Morgan fingerprint density at radius 3 is 1.88 bits per heavy atom. The molecule has 0 aliphatic carbocycles. The molecule has 0 saturated carbocycles. The van der Waals surface area contributed by atoms with E-state index in [4.69, 9.17) is 5.11 Å². The molecule has 130 valence electrons. The van der Waals surface area contributed by atoms with Crippen molar-refractivity contribution in [2.75, 3.05) is 24.3 Å². The van der Waals surface area contributed by atoms with Gasteiger partial charge >= 0.3 is 17.3 Å². The summed E-state index contributed by atoms with van der Waals surface area (Å²) in [4.78, 5) is 33.7. The molecule has 0 fully saturated rings. The van der Waals surface area contributed by atoms with E-state index >= 15 is 0 Å². The SMILES string of the molecule is CN(C)c1ccc(Nc2c([N+](=O)[O-])cc(C(=O)O)cc2[N+](=O)[O-])cc1. The van der Waals surface area contributed by atoms with Crippen LogP contribution < -0.4 is 10.2 Å². The lowest BCUT2D eigenvalue weighted by atomic mass is 10.1. The Morgan fingerprint density at radius 1 is 1.04 bits per heavy atom. The highest BCUT2D eigenvalue weighted by Crippen LogP contribution is 2.38. The normalized spacial score (nSPS) is 10.2. The number of carbonyl (C=O) groups is 1. The van der Waals surface area contributed by atoms with Crippen LogP contribution in [0.3, 0.4) is 0 Å². The molecule has 0 spiro atoms. The van der Waals surface area contributed by atoms with E-state index in [0.29, 0.717) is 5.69 Å². The summed E-state index contributed by atoms with van der Waals surface area (Å²) < 4.78 is 0. The van der Waals surface area contributed by atoms with E-state index in [0.717, 1.165) is 17.8 Å². The van der Waals surface area contributed by atoms with Crippen molar-refractivity contribution in [2.45, 2.75) is 0 Å². The third kappa shape index (κ3) is 3.80. The van der Waals surface area contributed by atoms with Gasteiger partial charge in [-0.05, 0) is 24.3 Å². The van der Waals surface area contributed by atoms with Gasteiger partial charge in [0, 0.05) is 37.6 Å². The van der Waals surface area contributed by atoms with Crippen LogP contribution in [0.5, 0.6) is 0 Å². The maximum absolute atomic E-state index is 11.2. The number of hydrogen-bond acceptors (Lipinski definition) is 7. The Labute approximate surface area is 141 Å². The summed E-state index contributed by atoms with van der Waals surface area (Å²) in [5.74, 6) is -1.49. The predicted molar refractivity (Wildman–Crippen MR) is 90.8 cm³/mol. The zero-order valence-electron chi connectivity index (χ0n) is 13.3. The first-order valence-corrected chi connectivity index (χ1v) is 6.95. The third-order valence-electron chi connectivity index (χ3n) is 3.39. The van der Waals surface area contributed by atoms with E-state index in [1.54, 1.807) is 24.3 Å². The zero-order chi connectivity index (χ0) is 18.7. The van der Waals surface area contributed by atoms with Crippen molar-refractivity contribution in [3.8, 4) is 0 Å². The summed E-state index contributed by atoms with van der Waals surface area (Å²) in [5.41, 5.74) is -1.04. The first kappa shape index (κ1) is 17.7. The lowest BCUT2D eigenvalue weighted by Crippen LogP contribution is -2.08. The molecule has 0 amide bonds. The summed E-state index contributed by atoms with van der Waals surface area (Å²) in [6.45, 7) is 0. The lowest BCUT2D eigenvalue weighted by molar-refractivity contribution is -0.392. The zero-order valence-corrected chi connectivity index (χ0v) is 13.3. The van der Waals surface area contributed by atoms with Crippen LogP contribution in [0.25, 0.3) is 0 Å². The predicted octanol–water partition coefficient (Wildman–Crippen LogP) is 3.01. The molecular formula is C15H14N4O6. The number of anilines is 3. The number of aromatic carboxylic acids is 1. The molecule has 0 bridgehead atoms.